The van der Waals surface area contributed by atoms with Crippen molar-refractivity contribution < 1.29 is 9.18 Å². The summed E-state index contributed by atoms with van der Waals surface area (Å²) >= 11 is 1.65. The fraction of sp³-hybridized carbons (Fsp3) is 0.263. The number of hydrogen-bond acceptors (Lipinski definition) is 3. The molecule has 0 fully saturated rings. The molecule has 25 heavy (non-hydrogen) atoms. The maximum Gasteiger partial charge on any atom is 0.224 e. The normalized spacial score (nSPS) is 12.1. The van der Waals surface area contributed by atoms with Crippen molar-refractivity contribution in [3.63, 3.8) is 0 Å². The van der Waals surface area contributed by atoms with Crippen molar-refractivity contribution in [3.8, 4) is 0 Å². The molecule has 2 aromatic heterocycles. The van der Waals surface area contributed by atoms with E-state index in [1.54, 1.807) is 23.5 Å². The number of hydrogen-bond donors (Lipinski definition) is 1. The van der Waals surface area contributed by atoms with Crippen LogP contribution < -0.4 is 5.32 Å². The predicted molar refractivity (Wildman–Crippen MR) is 97.3 cm³/mol. The average Bonchev–Trinajstić information content (AvgIpc) is 3.20. The van der Waals surface area contributed by atoms with Crippen LogP contribution in [0.3, 0.4) is 0 Å². The Labute approximate surface area is 150 Å². The zero-order chi connectivity index (χ0) is 17.8. The largest absolute Gasteiger partial charge is 0.353 e. The summed E-state index contributed by atoms with van der Waals surface area (Å²) in [6.07, 6.45) is 0.231. The van der Waals surface area contributed by atoms with Crippen LogP contribution in [0.5, 0.6) is 0 Å². The van der Waals surface area contributed by atoms with E-state index in [9.17, 15) is 9.18 Å². The van der Waals surface area contributed by atoms with Gasteiger partial charge >= 0.3 is 0 Å². The van der Waals surface area contributed by atoms with Gasteiger partial charge < -0.3 is 5.32 Å². The summed E-state index contributed by atoms with van der Waals surface area (Å²) < 4.78 is 14.9. The topological polar surface area (TPSA) is 46.9 Å². The molecular formula is C19H20FN3OS. The van der Waals surface area contributed by atoms with E-state index in [-0.39, 0.29) is 24.2 Å². The molecule has 0 aliphatic heterocycles. The van der Waals surface area contributed by atoms with E-state index >= 15 is 0 Å². The Bertz CT molecular complexity index is 840. The molecule has 0 bridgehead atoms. The molecule has 3 aromatic rings. The molecule has 0 radical (unpaired) electrons. The summed E-state index contributed by atoms with van der Waals surface area (Å²) in [6, 6.07) is 12.0. The molecule has 130 valence electrons. The summed E-state index contributed by atoms with van der Waals surface area (Å²) in [4.78, 5) is 13.4. The second-order valence-corrected chi connectivity index (χ2v) is 6.99. The Balaban J connectivity index is 1.69. The van der Waals surface area contributed by atoms with E-state index < -0.39 is 0 Å². The molecule has 6 heteroatoms. The van der Waals surface area contributed by atoms with Crippen LogP contribution in [0.25, 0.3) is 0 Å². The van der Waals surface area contributed by atoms with E-state index in [4.69, 9.17) is 0 Å². The number of carbonyl (C=O) groups is 1. The van der Waals surface area contributed by atoms with Crippen LogP contribution in [0.15, 0.2) is 47.8 Å². The second-order valence-electron chi connectivity index (χ2n) is 6.01. The number of aryl methyl sites for hydroxylation is 2. The molecular weight excluding hydrogens is 337 g/mol. The SMILES string of the molecule is Cc1cc(C)n(C(CNC(=O)Cc2ccc(F)cc2)c2cccs2)n1. The molecule has 4 nitrogen and oxygen atoms in total. The Morgan fingerprint density at radius 1 is 1.28 bits per heavy atom. The fourth-order valence-corrected chi connectivity index (χ4v) is 3.62. The maximum atomic E-state index is 13.0. The quantitative estimate of drug-likeness (QED) is 0.732. The molecule has 1 N–H and O–H groups in total. The van der Waals surface area contributed by atoms with Gasteiger partial charge in [0.1, 0.15) is 11.9 Å². The highest BCUT2D eigenvalue weighted by molar-refractivity contribution is 7.10. The average molecular weight is 357 g/mol. The first-order valence-electron chi connectivity index (χ1n) is 8.10. The van der Waals surface area contributed by atoms with Crippen LogP contribution in [-0.2, 0) is 11.2 Å². The minimum absolute atomic E-state index is 0.0362. The highest BCUT2D eigenvalue weighted by Gasteiger charge is 2.19. The molecule has 1 amide bonds. The van der Waals surface area contributed by atoms with Gasteiger partial charge in [-0.05, 0) is 49.1 Å². The Kier molecular flexibility index (Phi) is 5.28. The first-order valence-corrected chi connectivity index (χ1v) is 8.98. The lowest BCUT2D eigenvalue weighted by atomic mass is 10.1. The fourth-order valence-electron chi connectivity index (χ4n) is 2.81. The van der Waals surface area contributed by atoms with Gasteiger partial charge in [0, 0.05) is 17.1 Å². The summed E-state index contributed by atoms with van der Waals surface area (Å²) in [5.74, 6) is -0.388. The van der Waals surface area contributed by atoms with Gasteiger partial charge in [-0.1, -0.05) is 18.2 Å². The predicted octanol–water partition coefficient (Wildman–Crippen LogP) is 3.65. The third-order valence-corrected chi connectivity index (χ3v) is 4.96. The van der Waals surface area contributed by atoms with Gasteiger partial charge in [0.2, 0.25) is 5.91 Å². The van der Waals surface area contributed by atoms with Gasteiger partial charge in [-0.2, -0.15) is 5.10 Å². The molecule has 0 saturated carbocycles. The number of aromatic nitrogens is 2. The number of benzene rings is 1. The highest BCUT2D eigenvalue weighted by Crippen LogP contribution is 2.24. The van der Waals surface area contributed by atoms with E-state index in [0.717, 1.165) is 21.8 Å². The summed E-state index contributed by atoms with van der Waals surface area (Å²) in [7, 11) is 0. The van der Waals surface area contributed by atoms with E-state index in [1.165, 1.54) is 12.1 Å². The van der Waals surface area contributed by atoms with Crippen molar-refractivity contribution in [1.29, 1.82) is 0 Å². The number of carbonyl (C=O) groups excluding carboxylic acids is 1. The third kappa shape index (κ3) is 4.33. The first kappa shape index (κ1) is 17.4. The zero-order valence-corrected chi connectivity index (χ0v) is 15.0. The van der Waals surface area contributed by atoms with Crippen LogP contribution in [0, 0.1) is 19.7 Å². The van der Waals surface area contributed by atoms with Crippen LogP contribution >= 0.6 is 11.3 Å². The second kappa shape index (κ2) is 7.61. The molecule has 3 rings (SSSR count). The minimum Gasteiger partial charge on any atom is -0.353 e. The van der Waals surface area contributed by atoms with Gasteiger partial charge in [-0.15, -0.1) is 11.3 Å². The van der Waals surface area contributed by atoms with Gasteiger partial charge in [-0.3, -0.25) is 9.48 Å². The molecule has 0 aliphatic carbocycles. The minimum atomic E-state index is -0.300. The van der Waals surface area contributed by atoms with Crippen molar-refractivity contribution in [2.45, 2.75) is 26.3 Å². The monoisotopic (exact) mass is 357 g/mol. The summed E-state index contributed by atoms with van der Waals surface area (Å²) in [5, 5.41) is 9.57. The Morgan fingerprint density at radius 2 is 2.04 bits per heavy atom. The van der Waals surface area contributed by atoms with Crippen LogP contribution in [0.4, 0.5) is 4.39 Å². The number of halogens is 1. The number of amides is 1. The maximum absolute atomic E-state index is 13.0. The number of nitrogens with zero attached hydrogens (tertiary/aromatic N) is 2. The van der Waals surface area contributed by atoms with Gasteiger partial charge in [0.25, 0.3) is 0 Å². The highest BCUT2D eigenvalue weighted by atomic mass is 32.1. The van der Waals surface area contributed by atoms with Gasteiger partial charge in [0.05, 0.1) is 12.1 Å². The lowest BCUT2D eigenvalue weighted by Gasteiger charge is -2.19. The lowest BCUT2D eigenvalue weighted by molar-refractivity contribution is -0.120. The molecule has 1 aromatic carbocycles. The smallest absolute Gasteiger partial charge is 0.224 e. The zero-order valence-electron chi connectivity index (χ0n) is 14.2. The standard InChI is InChI=1S/C19H20FN3OS/c1-13-10-14(2)23(22-13)17(18-4-3-9-25-18)12-21-19(24)11-15-5-7-16(20)8-6-15/h3-10,17H,11-12H2,1-2H3,(H,21,24). The van der Waals surface area contributed by atoms with Crippen molar-refractivity contribution in [2.24, 2.45) is 0 Å². The molecule has 0 saturated heterocycles. The molecule has 2 heterocycles. The number of thiophene rings is 1. The third-order valence-electron chi connectivity index (χ3n) is 3.98. The van der Waals surface area contributed by atoms with Gasteiger partial charge in [-0.25, -0.2) is 4.39 Å². The van der Waals surface area contributed by atoms with Crippen molar-refractivity contribution in [2.75, 3.05) is 6.54 Å². The van der Waals surface area contributed by atoms with Gasteiger partial charge in [0.15, 0.2) is 0 Å². The van der Waals surface area contributed by atoms with E-state index in [0.29, 0.717) is 6.54 Å². The number of nitrogens with one attached hydrogen (secondary N) is 1. The van der Waals surface area contributed by atoms with Crippen molar-refractivity contribution in [1.82, 2.24) is 15.1 Å². The Morgan fingerprint density at radius 3 is 2.64 bits per heavy atom. The van der Waals surface area contributed by atoms with Crippen LogP contribution in [0.2, 0.25) is 0 Å². The summed E-state index contributed by atoms with van der Waals surface area (Å²) in [6.45, 7) is 4.44. The molecule has 0 spiro atoms. The van der Waals surface area contributed by atoms with Crippen molar-refractivity contribution >= 4 is 17.2 Å². The van der Waals surface area contributed by atoms with Crippen LogP contribution in [0.1, 0.15) is 27.9 Å². The molecule has 1 atom stereocenters. The van der Waals surface area contributed by atoms with E-state index in [1.807, 2.05) is 36.0 Å². The molecule has 0 aliphatic rings. The van der Waals surface area contributed by atoms with Crippen molar-refractivity contribution in [3.05, 3.63) is 75.5 Å². The summed E-state index contributed by atoms with van der Waals surface area (Å²) in [5.41, 5.74) is 2.80. The molecule has 1 unspecified atom stereocenters. The Hall–Kier alpha value is -2.47. The first-order chi connectivity index (χ1) is 12.0. The lowest BCUT2D eigenvalue weighted by Crippen LogP contribution is -2.32. The number of rotatable bonds is 6. The van der Waals surface area contributed by atoms with E-state index in [2.05, 4.69) is 16.5 Å². The van der Waals surface area contributed by atoms with Crippen LogP contribution in [-0.4, -0.2) is 22.2 Å².